The van der Waals surface area contributed by atoms with Gasteiger partial charge in [0.25, 0.3) is 0 Å². The van der Waals surface area contributed by atoms with Crippen molar-refractivity contribution in [1.82, 2.24) is 0 Å². The van der Waals surface area contributed by atoms with Gasteiger partial charge in [0.1, 0.15) is 24.1 Å². The van der Waals surface area contributed by atoms with Crippen molar-refractivity contribution in [2.24, 2.45) is 0 Å². The van der Waals surface area contributed by atoms with Gasteiger partial charge in [0.15, 0.2) is 0 Å². The normalized spacial score (nSPS) is 19.7. The Morgan fingerprint density at radius 1 is 0.577 bits per heavy atom. The van der Waals surface area contributed by atoms with Gasteiger partial charge < -0.3 is 4.57 Å². The molecule has 158 valence electrons. The maximum Gasteiger partial charge on any atom is 0.398 e. The van der Waals surface area contributed by atoms with Crippen LogP contribution >= 0.6 is 7.14 Å². The Morgan fingerprint density at radius 3 is 0.885 bits per heavy atom. The second-order valence-corrected chi connectivity index (χ2v) is 9.70. The van der Waals surface area contributed by atoms with Gasteiger partial charge in [0.05, 0.1) is 0 Å². The average Bonchev–Trinajstić information content (AvgIpc) is 2.43. The zero-order valence-corrected chi connectivity index (χ0v) is 15.6. The molecule has 0 aromatic rings. The first-order valence-electron chi connectivity index (χ1n) is 8.37. The minimum absolute atomic E-state index is 0.332. The summed E-state index contributed by atoms with van der Waals surface area (Å²) in [7, 11) is -5.84. The summed E-state index contributed by atoms with van der Waals surface area (Å²) in [5, 5.41) is 0. The Hall–Kier alpha value is -0.400. The Labute approximate surface area is 147 Å². The lowest BCUT2D eigenvalue weighted by atomic mass is 10.2. The van der Waals surface area contributed by atoms with Crippen LogP contribution < -0.4 is 0 Å². The van der Waals surface area contributed by atoms with E-state index in [2.05, 4.69) is 0 Å². The minimum atomic E-state index is -5.84. The van der Waals surface area contributed by atoms with Crippen LogP contribution in [0, 0.1) is 0 Å². The number of hydrogen-bond acceptors (Lipinski definition) is 1. The van der Waals surface area contributed by atoms with E-state index in [0.717, 1.165) is 0 Å². The predicted molar refractivity (Wildman–Crippen MR) is 81.9 cm³/mol. The molecule has 0 aliphatic carbocycles. The summed E-state index contributed by atoms with van der Waals surface area (Å²) in [6.07, 6.45) is -20.3. The molecule has 0 N–H and O–H groups in total. The Balaban J connectivity index is 6.78. The van der Waals surface area contributed by atoms with E-state index in [4.69, 9.17) is 0 Å². The Bertz CT molecular complexity index is 401. The number of rotatable bonds is 9. The van der Waals surface area contributed by atoms with Gasteiger partial charge in [-0.25, -0.2) is 0 Å². The summed E-state index contributed by atoms with van der Waals surface area (Å²) in [4.78, 5) is 0. The van der Waals surface area contributed by atoms with E-state index in [1.165, 1.54) is 20.8 Å². The van der Waals surface area contributed by atoms with Crippen molar-refractivity contribution in [1.29, 1.82) is 0 Å². The summed E-state index contributed by atoms with van der Waals surface area (Å²) in [6.45, 7) is 3.61. The van der Waals surface area contributed by atoms with E-state index < -0.39 is 61.9 Å². The van der Waals surface area contributed by atoms with Gasteiger partial charge in [0.2, 0.25) is 0 Å². The molecule has 3 unspecified atom stereocenters. The van der Waals surface area contributed by atoms with Crippen LogP contribution in [0.25, 0.3) is 0 Å². The van der Waals surface area contributed by atoms with Crippen LogP contribution in [0.15, 0.2) is 0 Å². The second kappa shape index (κ2) is 9.20. The van der Waals surface area contributed by atoms with Crippen LogP contribution in [0.4, 0.5) is 39.5 Å². The van der Waals surface area contributed by atoms with E-state index in [1.807, 2.05) is 0 Å². The van der Waals surface area contributed by atoms with Crippen molar-refractivity contribution in [3.8, 4) is 0 Å². The molecular weight excluding hydrogens is 398 g/mol. The number of halogens is 9. The highest BCUT2D eigenvalue weighted by Gasteiger charge is 2.67. The van der Waals surface area contributed by atoms with Crippen LogP contribution in [0.5, 0.6) is 0 Å². The predicted octanol–water partition coefficient (Wildman–Crippen LogP) is 7.54. The molecule has 11 heteroatoms. The van der Waals surface area contributed by atoms with Crippen LogP contribution in [-0.2, 0) is 4.57 Å². The fourth-order valence-corrected chi connectivity index (χ4v) is 7.92. The average molecular weight is 422 g/mol. The van der Waals surface area contributed by atoms with E-state index in [9.17, 15) is 44.1 Å². The van der Waals surface area contributed by atoms with E-state index in [1.54, 1.807) is 0 Å². The Morgan fingerprint density at radius 2 is 0.769 bits per heavy atom. The van der Waals surface area contributed by atoms with Crippen molar-refractivity contribution >= 4 is 7.14 Å². The number of alkyl halides is 9. The van der Waals surface area contributed by atoms with E-state index >= 15 is 0 Å². The molecule has 0 fully saturated rings. The van der Waals surface area contributed by atoms with Crippen LogP contribution in [0.2, 0.25) is 0 Å². The largest absolute Gasteiger partial charge is 0.398 e. The van der Waals surface area contributed by atoms with Gasteiger partial charge >= 0.3 is 18.5 Å². The zero-order chi connectivity index (χ0) is 21.0. The summed E-state index contributed by atoms with van der Waals surface area (Å²) in [6, 6.07) is 0. The third kappa shape index (κ3) is 6.06. The molecule has 0 spiro atoms. The highest BCUT2D eigenvalue weighted by Crippen LogP contribution is 2.71. The smallest absolute Gasteiger partial charge is 0.322 e. The first kappa shape index (κ1) is 25.6. The molecule has 26 heavy (non-hydrogen) atoms. The van der Waals surface area contributed by atoms with Crippen molar-refractivity contribution in [3.05, 3.63) is 0 Å². The summed E-state index contributed by atoms with van der Waals surface area (Å²) in [5.41, 5.74) is -9.39. The standard InChI is InChI=1S/C15H24F9OP/c1-4-7-10(13(16,17)18)26(25,11(8-5-2)14(19,20)21)12(9-6-3)15(22,23)24/h10-12H,4-9H2,1-3H3. The molecule has 0 heterocycles. The van der Waals surface area contributed by atoms with Gasteiger partial charge in [-0.3, -0.25) is 0 Å². The highest BCUT2D eigenvalue weighted by molar-refractivity contribution is 7.66. The topological polar surface area (TPSA) is 17.1 Å². The fraction of sp³-hybridized carbons (Fsp3) is 1.00. The first-order valence-corrected chi connectivity index (χ1v) is 10.3. The maximum atomic E-state index is 13.5. The summed E-state index contributed by atoms with van der Waals surface area (Å²) >= 11 is 0. The van der Waals surface area contributed by atoms with Gasteiger partial charge in [-0.1, -0.05) is 40.0 Å². The molecule has 0 bridgehead atoms. The van der Waals surface area contributed by atoms with E-state index in [0.29, 0.717) is 0 Å². The van der Waals surface area contributed by atoms with Gasteiger partial charge in [-0.15, -0.1) is 0 Å². The lowest BCUT2D eigenvalue weighted by molar-refractivity contribution is -0.150. The third-order valence-electron chi connectivity index (χ3n) is 4.28. The highest BCUT2D eigenvalue weighted by atomic mass is 31.2. The Kier molecular flexibility index (Phi) is 9.05. The third-order valence-corrected chi connectivity index (χ3v) is 8.86. The van der Waals surface area contributed by atoms with Gasteiger partial charge in [0, 0.05) is 0 Å². The SMILES string of the molecule is CCCC(C(F)(F)F)P(=O)(C(CCC)C(F)(F)F)C(CCC)C(F)(F)F. The van der Waals surface area contributed by atoms with Gasteiger partial charge in [-0.2, -0.15) is 39.5 Å². The summed E-state index contributed by atoms with van der Waals surface area (Å²) < 4.78 is 135. The summed E-state index contributed by atoms with van der Waals surface area (Å²) in [5.74, 6) is 0. The molecule has 0 saturated carbocycles. The lowest BCUT2D eigenvalue weighted by Gasteiger charge is -2.41. The second-order valence-electron chi connectivity index (χ2n) is 6.30. The van der Waals surface area contributed by atoms with Crippen molar-refractivity contribution in [3.63, 3.8) is 0 Å². The molecule has 0 saturated heterocycles. The molecule has 0 radical (unpaired) electrons. The maximum absolute atomic E-state index is 13.5. The fourth-order valence-electron chi connectivity index (χ4n) is 3.25. The molecule has 3 atom stereocenters. The molecule has 0 aromatic heterocycles. The van der Waals surface area contributed by atoms with Crippen molar-refractivity contribution < 1.29 is 44.1 Å². The molecule has 0 rings (SSSR count). The van der Waals surface area contributed by atoms with Gasteiger partial charge in [-0.05, 0) is 19.3 Å². The van der Waals surface area contributed by atoms with Crippen LogP contribution in [-0.4, -0.2) is 35.5 Å². The molecule has 0 amide bonds. The molecule has 0 aliphatic rings. The molecule has 0 aliphatic heterocycles. The monoisotopic (exact) mass is 422 g/mol. The molecule has 1 nitrogen and oxygen atoms in total. The van der Waals surface area contributed by atoms with Crippen LogP contribution in [0.3, 0.4) is 0 Å². The lowest BCUT2D eigenvalue weighted by Crippen LogP contribution is -2.46. The number of hydrogen-bond donors (Lipinski definition) is 0. The minimum Gasteiger partial charge on any atom is -0.322 e. The van der Waals surface area contributed by atoms with Crippen molar-refractivity contribution in [2.45, 2.75) is 94.8 Å². The first-order chi connectivity index (χ1) is 11.6. The van der Waals surface area contributed by atoms with E-state index in [-0.39, 0.29) is 19.3 Å². The molecular formula is C15H24F9OP. The van der Waals surface area contributed by atoms with Crippen LogP contribution in [0.1, 0.15) is 59.3 Å². The van der Waals surface area contributed by atoms with Crippen molar-refractivity contribution in [2.75, 3.05) is 0 Å². The zero-order valence-electron chi connectivity index (χ0n) is 14.7. The quantitative estimate of drug-likeness (QED) is 0.277. The molecule has 0 aromatic carbocycles.